The Morgan fingerprint density at radius 3 is 1.86 bits per heavy atom. The average molecular weight is 256 g/mol. The van der Waals surface area contributed by atoms with Gasteiger partial charge >= 0.3 is 8.56 Å². The molecule has 0 fully saturated rings. The highest BCUT2D eigenvalue weighted by atomic mass is 28.4. The zero-order valence-corrected chi connectivity index (χ0v) is 13.2. The van der Waals surface area contributed by atoms with E-state index in [1.54, 1.807) is 21.3 Å². The van der Waals surface area contributed by atoms with Crippen LogP contribution < -0.4 is 0 Å². The van der Waals surface area contributed by atoms with E-state index in [4.69, 9.17) is 21.8 Å². The van der Waals surface area contributed by atoms with Crippen LogP contribution >= 0.6 is 0 Å². The summed E-state index contributed by atoms with van der Waals surface area (Å²) in [5.41, 5.74) is 0. The lowest BCUT2D eigenvalue weighted by atomic mass is 10.9. The van der Waals surface area contributed by atoms with Crippen LogP contribution in [0.5, 0.6) is 0 Å². The van der Waals surface area contributed by atoms with Gasteiger partial charge in [0.25, 0.3) is 20.0 Å². The Labute approximate surface area is 91.4 Å². The Kier molecular flexibility index (Phi) is 9.02. The average Bonchev–Trinajstić information content (AvgIpc) is 2.21. The van der Waals surface area contributed by atoms with Crippen molar-refractivity contribution >= 4 is 28.6 Å². The van der Waals surface area contributed by atoms with Crippen molar-refractivity contribution in [3.63, 3.8) is 0 Å². The first kappa shape index (κ1) is 14.5. The molecule has 0 bridgehead atoms. The molecule has 0 aliphatic carbocycles. The predicted octanol–water partition coefficient (Wildman–Crippen LogP) is -0.972. The summed E-state index contributed by atoms with van der Waals surface area (Å²) in [6, 6.07) is 0.830. The van der Waals surface area contributed by atoms with Crippen LogP contribution in [0.25, 0.3) is 0 Å². The van der Waals surface area contributed by atoms with Crippen LogP contribution in [-0.2, 0) is 21.8 Å². The minimum atomic E-state index is -2.06. The van der Waals surface area contributed by atoms with E-state index in [1.807, 2.05) is 6.55 Å². The highest BCUT2D eigenvalue weighted by molar-refractivity contribution is 6.73. The largest absolute Gasteiger partial charge is 0.420 e. The molecule has 0 heterocycles. The van der Waals surface area contributed by atoms with E-state index in [9.17, 15) is 0 Å². The maximum Gasteiger partial charge on any atom is 0.319 e. The quantitative estimate of drug-likeness (QED) is 0.497. The van der Waals surface area contributed by atoms with Gasteiger partial charge < -0.3 is 21.8 Å². The van der Waals surface area contributed by atoms with E-state index in [0.717, 1.165) is 6.04 Å². The lowest BCUT2D eigenvalue weighted by Gasteiger charge is -2.26. The van der Waals surface area contributed by atoms with Gasteiger partial charge in [0.1, 0.15) is 0 Å². The number of methoxy groups -OCH3 is 1. The third-order valence-corrected chi connectivity index (χ3v) is 9.14. The molecule has 0 saturated heterocycles. The second-order valence-electron chi connectivity index (χ2n) is 2.98. The normalized spacial score (nSPS) is 17.1. The topological polar surface area (TPSA) is 46.2 Å². The molecule has 14 heavy (non-hydrogen) atoms. The standard InChI is InChI=1S/C6H20O5Si3/c1-7-5-6-14(4,10-12-8-2)11-13-9-3/h5-6,12-13H2,1-4H3. The summed E-state index contributed by atoms with van der Waals surface area (Å²) in [5, 5.41) is 0. The van der Waals surface area contributed by atoms with Gasteiger partial charge in [0.15, 0.2) is 0 Å². The third-order valence-electron chi connectivity index (χ3n) is 1.72. The second kappa shape index (κ2) is 8.73. The molecule has 0 rings (SSSR count). The zero-order valence-electron chi connectivity index (χ0n) is 9.37. The molecule has 5 nitrogen and oxygen atoms in total. The lowest BCUT2D eigenvalue weighted by molar-refractivity contribution is 0.203. The minimum Gasteiger partial charge on any atom is -0.420 e. The van der Waals surface area contributed by atoms with Crippen molar-refractivity contribution in [2.24, 2.45) is 0 Å². The highest BCUT2D eigenvalue weighted by Gasteiger charge is 2.30. The van der Waals surface area contributed by atoms with E-state index in [-0.39, 0.29) is 0 Å². The summed E-state index contributed by atoms with van der Waals surface area (Å²) in [7, 11) is 1.15. The number of ether oxygens (including phenoxy) is 1. The van der Waals surface area contributed by atoms with Crippen molar-refractivity contribution in [1.82, 2.24) is 0 Å². The van der Waals surface area contributed by atoms with E-state index in [2.05, 4.69) is 0 Å². The highest BCUT2D eigenvalue weighted by Crippen LogP contribution is 2.12. The SMILES string of the molecule is COCC[Si](C)(O[SiH2]OC)O[SiH2]OC. The van der Waals surface area contributed by atoms with Crippen LogP contribution in [0.15, 0.2) is 0 Å². The molecular formula is C6H20O5Si3. The second-order valence-corrected chi connectivity index (χ2v) is 9.68. The van der Waals surface area contributed by atoms with Crippen LogP contribution in [0, 0.1) is 0 Å². The van der Waals surface area contributed by atoms with Gasteiger partial charge in [-0.3, -0.25) is 0 Å². The molecule has 0 aromatic rings. The molecule has 0 saturated carbocycles. The zero-order chi connectivity index (χ0) is 10.9. The van der Waals surface area contributed by atoms with Crippen molar-refractivity contribution in [1.29, 1.82) is 0 Å². The lowest BCUT2D eigenvalue weighted by Crippen LogP contribution is -2.42. The van der Waals surface area contributed by atoms with Gasteiger partial charge in [-0.2, -0.15) is 0 Å². The Morgan fingerprint density at radius 1 is 1.00 bits per heavy atom. The van der Waals surface area contributed by atoms with Crippen molar-refractivity contribution in [3.8, 4) is 0 Å². The molecule has 0 atom stereocenters. The molecule has 8 heteroatoms. The van der Waals surface area contributed by atoms with Gasteiger partial charge in [-0.05, 0) is 6.55 Å². The third kappa shape index (κ3) is 6.84. The maximum atomic E-state index is 5.69. The minimum absolute atomic E-state index is 0.666. The summed E-state index contributed by atoms with van der Waals surface area (Å²) in [4.78, 5) is 0. The monoisotopic (exact) mass is 256 g/mol. The summed E-state index contributed by atoms with van der Waals surface area (Å²) in [6.45, 7) is 2.70. The molecule has 86 valence electrons. The van der Waals surface area contributed by atoms with E-state index >= 15 is 0 Å². The summed E-state index contributed by atoms with van der Waals surface area (Å²) < 4.78 is 26.4. The summed E-state index contributed by atoms with van der Waals surface area (Å²) in [5.74, 6) is 0. The molecule has 0 aliphatic heterocycles. The Bertz CT molecular complexity index is 115. The van der Waals surface area contributed by atoms with Crippen molar-refractivity contribution < 1.29 is 21.8 Å². The molecule has 0 aromatic heterocycles. The Morgan fingerprint density at radius 2 is 1.50 bits per heavy atom. The summed E-state index contributed by atoms with van der Waals surface area (Å²) >= 11 is 0. The van der Waals surface area contributed by atoms with Gasteiger partial charge in [-0.25, -0.2) is 0 Å². The molecule has 0 aromatic carbocycles. The fraction of sp³-hybridized carbons (Fsp3) is 1.00. The van der Waals surface area contributed by atoms with Gasteiger partial charge in [0.2, 0.25) is 0 Å². The number of hydrogen-bond donors (Lipinski definition) is 0. The predicted molar refractivity (Wildman–Crippen MR) is 61.6 cm³/mol. The molecular weight excluding hydrogens is 236 g/mol. The van der Waals surface area contributed by atoms with E-state index in [0.29, 0.717) is 6.61 Å². The van der Waals surface area contributed by atoms with Crippen LogP contribution in [-0.4, -0.2) is 56.5 Å². The molecule has 0 aliphatic rings. The van der Waals surface area contributed by atoms with Gasteiger partial charge in [-0.15, -0.1) is 0 Å². The fourth-order valence-corrected chi connectivity index (χ4v) is 6.59. The first-order chi connectivity index (χ1) is 6.68. The maximum absolute atomic E-state index is 5.69. The molecule has 0 amide bonds. The first-order valence-electron chi connectivity index (χ1n) is 4.43. The van der Waals surface area contributed by atoms with Crippen molar-refractivity contribution in [2.75, 3.05) is 27.9 Å². The molecule has 0 radical (unpaired) electrons. The Balaban J connectivity index is 3.89. The van der Waals surface area contributed by atoms with Crippen LogP contribution in [0.2, 0.25) is 12.6 Å². The van der Waals surface area contributed by atoms with E-state index < -0.39 is 28.6 Å². The fourth-order valence-electron chi connectivity index (χ4n) is 0.841. The van der Waals surface area contributed by atoms with Crippen molar-refractivity contribution in [2.45, 2.75) is 12.6 Å². The van der Waals surface area contributed by atoms with E-state index in [1.165, 1.54) is 0 Å². The van der Waals surface area contributed by atoms with Gasteiger partial charge in [-0.1, -0.05) is 0 Å². The van der Waals surface area contributed by atoms with Crippen LogP contribution in [0.3, 0.4) is 0 Å². The van der Waals surface area contributed by atoms with Crippen molar-refractivity contribution in [3.05, 3.63) is 0 Å². The Hall–Kier alpha value is 0.451. The summed E-state index contributed by atoms with van der Waals surface area (Å²) in [6.07, 6.45) is 0. The number of hydrogen-bond acceptors (Lipinski definition) is 5. The van der Waals surface area contributed by atoms with Crippen LogP contribution in [0.1, 0.15) is 0 Å². The first-order valence-corrected chi connectivity index (χ1v) is 9.26. The van der Waals surface area contributed by atoms with Gasteiger partial charge in [0.05, 0.1) is 0 Å². The molecule has 0 spiro atoms. The smallest absolute Gasteiger partial charge is 0.319 e. The molecule has 0 N–H and O–H groups in total. The van der Waals surface area contributed by atoms with Crippen LogP contribution in [0.4, 0.5) is 0 Å². The number of rotatable bonds is 9. The molecule has 0 unspecified atom stereocenters. The van der Waals surface area contributed by atoms with Gasteiger partial charge in [0, 0.05) is 34.0 Å².